The van der Waals surface area contributed by atoms with E-state index in [4.69, 9.17) is 11.5 Å². The lowest BCUT2D eigenvalue weighted by Gasteiger charge is -2.30. The Morgan fingerprint density at radius 1 is 1.21 bits per heavy atom. The number of fused-ring (bicyclic) bond motifs is 3. The number of aromatic nitrogens is 5. The van der Waals surface area contributed by atoms with E-state index in [9.17, 15) is 9.59 Å². The average molecular weight is 481 g/mol. The number of Topliss-reactive ketones (excluding diaryl/α,β-unsaturated/α-hetero) is 1. The summed E-state index contributed by atoms with van der Waals surface area (Å²) in [6.07, 6.45) is 4.45. The molecule has 0 radical (unpaired) electrons. The minimum Gasteiger partial charge on any atom is -0.368 e. The van der Waals surface area contributed by atoms with E-state index < -0.39 is 0 Å². The van der Waals surface area contributed by atoms with Gasteiger partial charge < -0.3 is 16.4 Å². The van der Waals surface area contributed by atoms with Crippen LogP contribution in [0.3, 0.4) is 0 Å². The number of nitrogens with two attached hydrogens (primary N) is 2. The van der Waals surface area contributed by atoms with E-state index in [1.165, 1.54) is 11.3 Å². The predicted molar refractivity (Wildman–Crippen MR) is 128 cm³/mol. The first-order valence-corrected chi connectivity index (χ1v) is 12.3. The standard InChI is InChI=1S/C23H28N8O2S/c1-23(2)9-12-10-26-22(25)28-19(12)21-18(23)20(29-30-21)15(32)8-16-27-14(11-34-16)7-17(33)31-5-3-13(24)4-6-31/h10-11,13H,3-9,24H2,1-2H3,(H,29,30)(H2,25,26,28). The van der Waals surface area contributed by atoms with Crippen molar-refractivity contribution in [2.45, 2.75) is 57.4 Å². The number of thiazole rings is 1. The monoisotopic (exact) mass is 480 g/mol. The second-order valence-electron chi connectivity index (χ2n) is 9.71. The fourth-order valence-electron chi connectivity index (χ4n) is 4.85. The lowest BCUT2D eigenvalue weighted by Crippen LogP contribution is -2.43. The third kappa shape index (κ3) is 4.21. The van der Waals surface area contributed by atoms with E-state index in [1.807, 2.05) is 10.3 Å². The van der Waals surface area contributed by atoms with Crippen molar-refractivity contribution in [3.05, 3.63) is 39.1 Å². The number of anilines is 1. The van der Waals surface area contributed by atoms with Crippen molar-refractivity contribution < 1.29 is 9.59 Å². The molecule has 2 aliphatic rings. The van der Waals surface area contributed by atoms with Crippen LogP contribution in [0, 0.1) is 0 Å². The summed E-state index contributed by atoms with van der Waals surface area (Å²) in [5.41, 5.74) is 15.7. The second kappa shape index (κ2) is 8.55. The zero-order chi connectivity index (χ0) is 24.0. The number of piperidine rings is 1. The van der Waals surface area contributed by atoms with Gasteiger partial charge in [0.2, 0.25) is 11.9 Å². The second-order valence-corrected chi connectivity index (χ2v) is 10.7. The lowest BCUT2D eigenvalue weighted by molar-refractivity contribution is -0.131. The van der Waals surface area contributed by atoms with Gasteiger partial charge in [0.1, 0.15) is 16.4 Å². The number of nitrogen functional groups attached to an aromatic ring is 1. The van der Waals surface area contributed by atoms with Gasteiger partial charge in [-0.25, -0.2) is 15.0 Å². The van der Waals surface area contributed by atoms with Crippen molar-refractivity contribution in [3.8, 4) is 11.4 Å². The molecule has 1 amide bonds. The number of hydrogen-bond donors (Lipinski definition) is 3. The Morgan fingerprint density at radius 2 is 1.97 bits per heavy atom. The lowest BCUT2D eigenvalue weighted by atomic mass is 9.73. The summed E-state index contributed by atoms with van der Waals surface area (Å²) in [5, 5.41) is 9.91. The first-order valence-electron chi connectivity index (χ1n) is 11.4. The van der Waals surface area contributed by atoms with E-state index >= 15 is 0 Å². The Bertz CT molecular complexity index is 1260. The molecule has 0 saturated carbocycles. The molecule has 1 aliphatic carbocycles. The summed E-state index contributed by atoms with van der Waals surface area (Å²) in [6, 6.07) is 0.178. The number of nitrogens with zero attached hydrogens (tertiary/aromatic N) is 5. The number of H-pyrrole nitrogens is 1. The molecule has 3 aromatic heterocycles. The summed E-state index contributed by atoms with van der Waals surface area (Å²) >= 11 is 1.40. The van der Waals surface area contributed by atoms with Gasteiger partial charge in [0, 0.05) is 36.3 Å². The van der Waals surface area contributed by atoms with E-state index in [1.54, 1.807) is 6.20 Å². The smallest absolute Gasteiger partial charge is 0.228 e. The molecule has 0 aromatic carbocycles. The van der Waals surface area contributed by atoms with Crippen LogP contribution in [0.25, 0.3) is 11.4 Å². The first-order chi connectivity index (χ1) is 16.2. The molecule has 0 spiro atoms. The van der Waals surface area contributed by atoms with Crippen molar-refractivity contribution in [1.82, 2.24) is 30.0 Å². The molecule has 10 nitrogen and oxygen atoms in total. The van der Waals surface area contributed by atoms with Crippen LogP contribution in [0.2, 0.25) is 0 Å². The number of amides is 1. The SMILES string of the molecule is CC1(C)Cc2cnc(N)nc2-c2n[nH]c(C(=O)Cc3nc(CC(=O)N4CCC(N)CC4)cs3)c21. The summed E-state index contributed by atoms with van der Waals surface area (Å²) in [5.74, 6) is 0.140. The summed E-state index contributed by atoms with van der Waals surface area (Å²) in [7, 11) is 0. The van der Waals surface area contributed by atoms with Crippen LogP contribution in [0.5, 0.6) is 0 Å². The molecule has 178 valence electrons. The van der Waals surface area contributed by atoms with E-state index in [0.29, 0.717) is 47.3 Å². The maximum absolute atomic E-state index is 13.3. The van der Waals surface area contributed by atoms with Crippen molar-refractivity contribution in [2.24, 2.45) is 5.73 Å². The normalized spacial score (nSPS) is 17.3. The molecule has 5 rings (SSSR count). The summed E-state index contributed by atoms with van der Waals surface area (Å²) in [4.78, 5) is 40.8. The number of carbonyl (C=O) groups is 2. The van der Waals surface area contributed by atoms with Crippen molar-refractivity contribution >= 4 is 29.0 Å². The minimum absolute atomic E-state index is 0.0550. The molecule has 1 fully saturated rings. The van der Waals surface area contributed by atoms with Gasteiger partial charge in [-0.15, -0.1) is 11.3 Å². The highest BCUT2D eigenvalue weighted by Gasteiger charge is 2.38. The van der Waals surface area contributed by atoms with Crippen LogP contribution in [-0.4, -0.2) is 60.9 Å². The van der Waals surface area contributed by atoms with Crippen LogP contribution < -0.4 is 11.5 Å². The maximum Gasteiger partial charge on any atom is 0.228 e. The fraction of sp³-hybridized carbons (Fsp3) is 0.478. The Morgan fingerprint density at radius 3 is 2.74 bits per heavy atom. The number of aromatic amines is 1. The van der Waals surface area contributed by atoms with Gasteiger partial charge in [0.25, 0.3) is 0 Å². The average Bonchev–Trinajstić information content (AvgIpc) is 3.42. The van der Waals surface area contributed by atoms with Gasteiger partial charge in [0.15, 0.2) is 5.78 Å². The maximum atomic E-state index is 13.3. The van der Waals surface area contributed by atoms with Crippen LogP contribution in [0.4, 0.5) is 5.95 Å². The molecule has 4 heterocycles. The zero-order valence-electron chi connectivity index (χ0n) is 19.3. The first kappa shape index (κ1) is 22.6. The van der Waals surface area contributed by atoms with Crippen molar-refractivity contribution in [3.63, 3.8) is 0 Å². The third-order valence-corrected chi connectivity index (χ3v) is 7.50. The van der Waals surface area contributed by atoms with Crippen LogP contribution in [-0.2, 0) is 29.5 Å². The minimum atomic E-state index is -0.322. The summed E-state index contributed by atoms with van der Waals surface area (Å²) < 4.78 is 0. The van der Waals surface area contributed by atoms with E-state index in [-0.39, 0.29) is 41.9 Å². The van der Waals surface area contributed by atoms with Crippen LogP contribution >= 0.6 is 11.3 Å². The molecule has 1 saturated heterocycles. The number of likely N-dealkylation sites (tertiary alicyclic amines) is 1. The Labute approximate surface area is 201 Å². The molecular formula is C23H28N8O2S. The van der Waals surface area contributed by atoms with Gasteiger partial charge in [-0.2, -0.15) is 5.10 Å². The number of rotatable bonds is 5. The predicted octanol–water partition coefficient (Wildman–Crippen LogP) is 1.66. The van der Waals surface area contributed by atoms with Gasteiger partial charge >= 0.3 is 0 Å². The van der Waals surface area contributed by atoms with Gasteiger partial charge in [0.05, 0.1) is 24.2 Å². The highest BCUT2D eigenvalue weighted by molar-refractivity contribution is 7.09. The molecule has 0 bridgehead atoms. The number of hydrogen-bond acceptors (Lipinski definition) is 9. The Kier molecular flexibility index (Phi) is 5.68. The quantitative estimate of drug-likeness (QED) is 0.465. The molecule has 11 heteroatoms. The molecule has 1 aliphatic heterocycles. The molecule has 3 aromatic rings. The van der Waals surface area contributed by atoms with Crippen LogP contribution in [0.1, 0.15) is 59.0 Å². The molecule has 5 N–H and O–H groups in total. The molecule has 34 heavy (non-hydrogen) atoms. The Balaban J connectivity index is 1.32. The third-order valence-electron chi connectivity index (χ3n) is 6.60. The number of ketones is 1. The van der Waals surface area contributed by atoms with Gasteiger partial charge in [-0.1, -0.05) is 13.8 Å². The molecular weight excluding hydrogens is 452 g/mol. The van der Waals surface area contributed by atoms with Gasteiger partial charge in [-0.05, 0) is 30.2 Å². The molecule has 0 atom stereocenters. The van der Waals surface area contributed by atoms with Crippen LogP contribution in [0.15, 0.2) is 11.6 Å². The molecule has 0 unspecified atom stereocenters. The summed E-state index contributed by atoms with van der Waals surface area (Å²) in [6.45, 7) is 5.54. The van der Waals surface area contributed by atoms with Gasteiger partial charge in [-0.3, -0.25) is 14.7 Å². The highest BCUT2D eigenvalue weighted by Crippen LogP contribution is 2.43. The van der Waals surface area contributed by atoms with E-state index in [2.05, 4.69) is 39.0 Å². The highest BCUT2D eigenvalue weighted by atomic mass is 32.1. The Hall–Kier alpha value is -3.18. The largest absolute Gasteiger partial charge is 0.368 e. The fourth-order valence-corrected chi connectivity index (χ4v) is 5.64. The van der Waals surface area contributed by atoms with E-state index in [0.717, 1.165) is 24.0 Å². The topological polar surface area (TPSA) is 157 Å². The zero-order valence-corrected chi connectivity index (χ0v) is 20.1. The van der Waals surface area contributed by atoms with Crippen molar-refractivity contribution in [2.75, 3.05) is 18.8 Å². The number of carbonyl (C=O) groups excluding carboxylic acids is 2. The number of nitrogens with one attached hydrogen (secondary N) is 1. The van der Waals surface area contributed by atoms with Crippen molar-refractivity contribution in [1.29, 1.82) is 0 Å².